The van der Waals surface area contributed by atoms with Gasteiger partial charge in [0.25, 0.3) is 5.56 Å². The molecule has 3 rings (SSSR count). The van der Waals surface area contributed by atoms with Gasteiger partial charge < -0.3 is 14.3 Å². The van der Waals surface area contributed by atoms with Crippen LogP contribution in [0.5, 0.6) is 0 Å². The first kappa shape index (κ1) is 18.3. The van der Waals surface area contributed by atoms with Gasteiger partial charge in [0.15, 0.2) is 8.32 Å². The van der Waals surface area contributed by atoms with Crippen LogP contribution < -0.4 is 5.56 Å². The number of aromatic nitrogens is 3. The molecule has 3 atom stereocenters. The molecule has 7 nitrogen and oxygen atoms in total. The predicted octanol–water partition coefficient (Wildman–Crippen LogP) is 2.17. The van der Waals surface area contributed by atoms with Gasteiger partial charge in [0.2, 0.25) is 5.78 Å². The van der Waals surface area contributed by atoms with E-state index in [0.717, 1.165) is 0 Å². The third kappa shape index (κ3) is 3.31. The van der Waals surface area contributed by atoms with Crippen LogP contribution in [0.3, 0.4) is 0 Å². The van der Waals surface area contributed by atoms with Crippen molar-refractivity contribution in [3.8, 4) is 0 Å². The van der Waals surface area contributed by atoms with E-state index in [9.17, 15) is 9.90 Å². The molecule has 0 radical (unpaired) electrons. The largest absolute Gasteiger partial charge is 0.411 e. The maximum atomic E-state index is 11.9. The van der Waals surface area contributed by atoms with Crippen molar-refractivity contribution in [2.24, 2.45) is 0 Å². The molecule has 0 aliphatic carbocycles. The van der Waals surface area contributed by atoms with Crippen LogP contribution in [-0.2, 0) is 9.16 Å². The summed E-state index contributed by atoms with van der Waals surface area (Å²) in [5.74, 6) is 0.530. The van der Waals surface area contributed by atoms with Crippen LogP contribution in [0.25, 0.3) is 5.78 Å². The Bertz CT molecular complexity index is 808. The van der Waals surface area contributed by atoms with Crippen LogP contribution in [0.2, 0.25) is 18.1 Å². The fourth-order valence-corrected chi connectivity index (χ4v) is 4.25. The van der Waals surface area contributed by atoms with Gasteiger partial charge in [0.05, 0.1) is 12.7 Å². The van der Waals surface area contributed by atoms with Crippen molar-refractivity contribution in [3.05, 3.63) is 35.0 Å². The molecule has 0 bridgehead atoms. The average Bonchev–Trinajstić information content (AvgIpc) is 3.13. The number of hydrogen-bond donors (Lipinski definition) is 1. The Hall–Kier alpha value is -1.48. The Labute approximate surface area is 148 Å². The Morgan fingerprint density at radius 1 is 1.40 bits per heavy atom. The molecule has 1 unspecified atom stereocenters. The lowest BCUT2D eigenvalue weighted by Crippen LogP contribution is -2.46. The molecule has 0 saturated carbocycles. The summed E-state index contributed by atoms with van der Waals surface area (Å²) in [6.07, 6.45) is 4.66. The van der Waals surface area contributed by atoms with Crippen LogP contribution >= 0.6 is 0 Å². The Balaban J connectivity index is 1.87. The first-order chi connectivity index (χ1) is 11.6. The van der Waals surface area contributed by atoms with E-state index in [4.69, 9.17) is 9.16 Å². The summed E-state index contributed by atoms with van der Waals surface area (Å²) >= 11 is 0. The standard InChI is InChI=1S/C17H27N3O4Si/c1-17(2,3)25(4,5)24-12-10-15(23-13(12)11-21)20-8-6-14(22)19-9-7-18-16(19)20/h6-9,12-13,15,21H,10-11H2,1-5H3/t12?,13-,15-/m1/s1. The summed E-state index contributed by atoms with van der Waals surface area (Å²) in [6.45, 7) is 10.9. The monoisotopic (exact) mass is 365 g/mol. The summed E-state index contributed by atoms with van der Waals surface area (Å²) < 4.78 is 15.8. The highest BCUT2D eigenvalue weighted by molar-refractivity contribution is 6.74. The van der Waals surface area contributed by atoms with Crippen molar-refractivity contribution in [2.75, 3.05) is 6.61 Å². The quantitative estimate of drug-likeness (QED) is 0.840. The molecular formula is C17H27N3O4Si. The zero-order valence-electron chi connectivity index (χ0n) is 15.5. The highest BCUT2D eigenvalue weighted by atomic mass is 28.4. The van der Waals surface area contributed by atoms with E-state index in [1.807, 2.05) is 4.57 Å². The van der Waals surface area contributed by atoms with Gasteiger partial charge in [-0.1, -0.05) is 20.8 Å². The number of hydrogen-bond acceptors (Lipinski definition) is 5. The maximum absolute atomic E-state index is 11.9. The number of fused-ring (bicyclic) bond motifs is 1. The van der Waals surface area contributed by atoms with Gasteiger partial charge in [-0.15, -0.1) is 0 Å². The fraction of sp³-hybridized carbons (Fsp3) is 0.647. The molecule has 25 heavy (non-hydrogen) atoms. The van der Waals surface area contributed by atoms with Gasteiger partial charge in [0, 0.05) is 31.1 Å². The van der Waals surface area contributed by atoms with E-state index in [1.165, 1.54) is 10.5 Å². The molecule has 3 heterocycles. The minimum Gasteiger partial charge on any atom is -0.411 e. The average molecular weight is 366 g/mol. The summed E-state index contributed by atoms with van der Waals surface area (Å²) in [5, 5.41) is 9.83. The number of aliphatic hydroxyl groups excluding tert-OH is 1. The lowest BCUT2D eigenvalue weighted by molar-refractivity contribution is -0.0414. The zero-order chi connectivity index (χ0) is 18.4. The molecule has 1 fully saturated rings. The summed E-state index contributed by atoms with van der Waals surface area (Å²) in [6, 6.07) is 1.49. The molecule has 0 aromatic carbocycles. The van der Waals surface area contributed by atoms with Gasteiger partial charge in [-0.25, -0.2) is 4.98 Å². The van der Waals surface area contributed by atoms with Gasteiger partial charge >= 0.3 is 0 Å². The number of nitrogens with zero attached hydrogens (tertiary/aromatic N) is 3. The molecule has 2 aromatic rings. The number of rotatable bonds is 4. The van der Waals surface area contributed by atoms with Crippen molar-refractivity contribution < 1.29 is 14.3 Å². The molecule has 1 saturated heterocycles. The summed E-state index contributed by atoms with van der Waals surface area (Å²) in [4.78, 5) is 16.2. The minimum atomic E-state index is -1.98. The molecular weight excluding hydrogens is 338 g/mol. The van der Waals surface area contributed by atoms with Gasteiger partial charge in [-0.05, 0) is 18.1 Å². The zero-order valence-corrected chi connectivity index (χ0v) is 16.5. The highest BCUT2D eigenvalue weighted by Crippen LogP contribution is 2.41. The van der Waals surface area contributed by atoms with E-state index in [1.54, 1.807) is 18.6 Å². The van der Waals surface area contributed by atoms with E-state index in [2.05, 4.69) is 38.8 Å². The molecule has 138 valence electrons. The minimum absolute atomic E-state index is 0.0821. The fourth-order valence-electron chi connectivity index (χ4n) is 2.89. The second-order valence-electron chi connectivity index (χ2n) is 8.12. The summed E-state index contributed by atoms with van der Waals surface area (Å²) in [5.41, 5.74) is -0.130. The number of ether oxygens (including phenoxy) is 1. The van der Waals surface area contributed by atoms with E-state index in [-0.39, 0.29) is 35.6 Å². The third-order valence-electron chi connectivity index (χ3n) is 5.39. The first-order valence-corrected chi connectivity index (χ1v) is 11.5. The third-order valence-corrected chi connectivity index (χ3v) is 9.89. The van der Waals surface area contributed by atoms with E-state index < -0.39 is 8.32 Å². The maximum Gasteiger partial charge on any atom is 0.258 e. The molecule has 1 aliphatic rings. The first-order valence-electron chi connectivity index (χ1n) is 8.62. The lowest BCUT2D eigenvalue weighted by Gasteiger charge is -2.39. The Morgan fingerprint density at radius 3 is 2.76 bits per heavy atom. The summed E-state index contributed by atoms with van der Waals surface area (Å²) in [7, 11) is -1.98. The van der Waals surface area contributed by atoms with Crippen molar-refractivity contribution in [2.45, 2.75) is 63.8 Å². The van der Waals surface area contributed by atoms with Crippen LogP contribution in [0.15, 0.2) is 29.5 Å². The molecule has 0 spiro atoms. The number of imidazole rings is 1. The smallest absolute Gasteiger partial charge is 0.258 e. The number of aliphatic hydroxyl groups is 1. The second kappa shape index (κ2) is 6.35. The second-order valence-corrected chi connectivity index (χ2v) is 12.9. The Morgan fingerprint density at radius 2 is 2.12 bits per heavy atom. The van der Waals surface area contributed by atoms with Crippen LogP contribution in [0.1, 0.15) is 33.4 Å². The van der Waals surface area contributed by atoms with E-state index in [0.29, 0.717) is 12.2 Å². The normalized spacial score (nSPS) is 25.0. The van der Waals surface area contributed by atoms with Crippen molar-refractivity contribution in [1.82, 2.24) is 14.0 Å². The molecule has 0 amide bonds. The SMILES string of the molecule is CC(C)(C)[Si](C)(C)OC1C[C@H](n2ccc(=O)n3ccnc23)O[C@@H]1CO. The Kier molecular flexibility index (Phi) is 4.65. The molecule has 2 aromatic heterocycles. The highest BCUT2D eigenvalue weighted by Gasteiger charge is 2.45. The topological polar surface area (TPSA) is 78.0 Å². The van der Waals surface area contributed by atoms with Gasteiger partial charge in [0.1, 0.15) is 12.3 Å². The molecule has 8 heteroatoms. The van der Waals surface area contributed by atoms with Crippen molar-refractivity contribution in [1.29, 1.82) is 0 Å². The van der Waals surface area contributed by atoms with Crippen LogP contribution in [-0.4, -0.2) is 46.2 Å². The predicted molar refractivity (Wildman–Crippen MR) is 97.1 cm³/mol. The van der Waals surface area contributed by atoms with Gasteiger partial charge in [-0.3, -0.25) is 13.8 Å². The van der Waals surface area contributed by atoms with Crippen LogP contribution in [0.4, 0.5) is 0 Å². The van der Waals surface area contributed by atoms with Crippen molar-refractivity contribution >= 4 is 14.1 Å². The lowest BCUT2D eigenvalue weighted by atomic mass is 10.2. The van der Waals surface area contributed by atoms with Crippen molar-refractivity contribution in [3.63, 3.8) is 0 Å². The molecule has 1 aliphatic heterocycles. The van der Waals surface area contributed by atoms with Crippen LogP contribution in [0, 0.1) is 0 Å². The van der Waals surface area contributed by atoms with E-state index >= 15 is 0 Å². The molecule has 1 N–H and O–H groups in total. The van der Waals surface area contributed by atoms with Gasteiger partial charge in [-0.2, -0.15) is 0 Å².